The maximum absolute atomic E-state index is 13.5. The fourth-order valence-corrected chi connectivity index (χ4v) is 1.62. The van der Waals surface area contributed by atoms with Gasteiger partial charge in [-0.1, -0.05) is 31.5 Å². The van der Waals surface area contributed by atoms with Gasteiger partial charge in [-0.2, -0.15) is 0 Å². The molecule has 94 valence electrons. The molecule has 1 amide bonds. The van der Waals surface area contributed by atoms with E-state index in [1.54, 1.807) is 6.07 Å². The minimum atomic E-state index is -0.645. The van der Waals surface area contributed by atoms with Crippen LogP contribution in [0.4, 0.5) is 10.1 Å². The van der Waals surface area contributed by atoms with Gasteiger partial charge in [0.15, 0.2) is 5.82 Å². The van der Waals surface area contributed by atoms with E-state index in [1.165, 1.54) is 12.1 Å². The Hall–Kier alpha value is -1.13. The van der Waals surface area contributed by atoms with Crippen molar-refractivity contribution in [1.29, 1.82) is 0 Å². The van der Waals surface area contributed by atoms with Crippen LogP contribution in [0.3, 0.4) is 0 Å². The van der Waals surface area contributed by atoms with E-state index >= 15 is 0 Å². The Bertz CT molecular complexity index is 409. The summed E-state index contributed by atoms with van der Waals surface area (Å²) < 4.78 is 13.5. The number of benzene rings is 1. The number of hydrogen-bond acceptors (Lipinski definition) is 2. The molecule has 1 rings (SSSR count). The molecule has 1 atom stereocenters. The minimum Gasteiger partial charge on any atom is -0.322 e. The summed E-state index contributed by atoms with van der Waals surface area (Å²) in [4.78, 5) is 11.7. The third kappa shape index (κ3) is 3.98. The second-order valence-electron chi connectivity index (χ2n) is 4.33. The standard InChI is InChI=1S/C12H16ClFN2O/c1-7(2)6-9(15)12(17)16-10-5-3-4-8(13)11(10)14/h3-5,7,9H,6,15H2,1-2H3,(H,16,17)/t9-/m1/s1. The van der Waals surface area contributed by atoms with E-state index < -0.39 is 17.8 Å². The van der Waals surface area contributed by atoms with E-state index in [2.05, 4.69) is 5.32 Å². The molecular weight excluding hydrogens is 243 g/mol. The van der Waals surface area contributed by atoms with Crippen LogP contribution in [-0.4, -0.2) is 11.9 Å². The molecule has 0 fully saturated rings. The van der Waals surface area contributed by atoms with E-state index in [1.807, 2.05) is 13.8 Å². The SMILES string of the molecule is CC(C)C[C@@H](N)C(=O)Nc1cccc(Cl)c1F. The lowest BCUT2D eigenvalue weighted by Gasteiger charge is -2.14. The molecule has 0 aliphatic rings. The predicted octanol–water partition coefficient (Wildman–Crippen LogP) is 2.79. The summed E-state index contributed by atoms with van der Waals surface area (Å²) in [6.07, 6.45) is 0.550. The van der Waals surface area contributed by atoms with Crippen LogP contribution in [0, 0.1) is 11.7 Å². The first-order valence-corrected chi connectivity index (χ1v) is 5.80. The zero-order valence-electron chi connectivity index (χ0n) is 9.84. The number of nitrogens with one attached hydrogen (secondary N) is 1. The average Bonchev–Trinajstić information content (AvgIpc) is 2.23. The molecule has 3 N–H and O–H groups in total. The Balaban J connectivity index is 2.71. The Morgan fingerprint density at radius 2 is 2.18 bits per heavy atom. The second kappa shape index (κ2) is 5.98. The molecule has 3 nitrogen and oxygen atoms in total. The molecule has 0 bridgehead atoms. The van der Waals surface area contributed by atoms with Crippen molar-refractivity contribution in [1.82, 2.24) is 0 Å². The lowest BCUT2D eigenvalue weighted by Crippen LogP contribution is -2.36. The highest BCUT2D eigenvalue weighted by Crippen LogP contribution is 2.22. The van der Waals surface area contributed by atoms with Crippen LogP contribution in [-0.2, 0) is 4.79 Å². The smallest absolute Gasteiger partial charge is 0.241 e. The topological polar surface area (TPSA) is 55.1 Å². The highest BCUT2D eigenvalue weighted by Gasteiger charge is 2.17. The summed E-state index contributed by atoms with van der Waals surface area (Å²) >= 11 is 5.60. The molecule has 0 saturated heterocycles. The number of hydrogen-bond donors (Lipinski definition) is 2. The predicted molar refractivity (Wildman–Crippen MR) is 67.5 cm³/mol. The van der Waals surface area contributed by atoms with Crippen LogP contribution in [0.15, 0.2) is 18.2 Å². The van der Waals surface area contributed by atoms with Gasteiger partial charge >= 0.3 is 0 Å². The maximum Gasteiger partial charge on any atom is 0.241 e. The molecule has 0 aliphatic carbocycles. The third-order valence-corrected chi connectivity index (χ3v) is 2.56. The van der Waals surface area contributed by atoms with Gasteiger partial charge in [0.25, 0.3) is 0 Å². The van der Waals surface area contributed by atoms with Crippen LogP contribution in [0.2, 0.25) is 5.02 Å². The third-order valence-electron chi connectivity index (χ3n) is 2.27. The van der Waals surface area contributed by atoms with E-state index in [9.17, 15) is 9.18 Å². The highest BCUT2D eigenvalue weighted by molar-refractivity contribution is 6.31. The number of carbonyl (C=O) groups excluding carboxylic acids is 1. The van der Waals surface area contributed by atoms with Crippen LogP contribution in [0.1, 0.15) is 20.3 Å². The molecule has 5 heteroatoms. The molecule has 0 aliphatic heterocycles. The minimum absolute atomic E-state index is 0.0276. The van der Waals surface area contributed by atoms with Crippen molar-refractivity contribution in [3.05, 3.63) is 29.0 Å². The van der Waals surface area contributed by atoms with Crippen molar-refractivity contribution in [2.45, 2.75) is 26.3 Å². The molecule has 17 heavy (non-hydrogen) atoms. The van der Waals surface area contributed by atoms with E-state index in [4.69, 9.17) is 17.3 Å². The monoisotopic (exact) mass is 258 g/mol. The lowest BCUT2D eigenvalue weighted by atomic mass is 10.0. The summed E-state index contributed by atoms with van der Waals surface area (Å²) in [5.74, 6) is -0.737. The summed E-state index contributed by atoms with van der Waals surface area (Å²) in [6, 6.07) is 3.78. The fraction of sp³-hybridized carbons (Fsp3) is 0.417. The van der Waals surface area contributed by atoms with Crippen molar-refractivity contribution in [3.8, 4) is 0 Å². The quantitative estimate of drug-likeness (QED) is 0.873. The van der Waals surface area contributed by atoms with Gasteiger partial charge in [0.05, 0.1) is 16.8 Å². The lowest BCUT2D eigenvalue weighted by molar-refractivity contribution is -0.117. The summed E-state index contributed by atoms with van der Waals surface area (Å²) in [5.41, 5.74) is 5.74. The number of nitrogens with two attached hydrogens (primary N) is 1. The summed E-state index contributed by atoms with van der Waals surface area (Å²) in [7, 11) is 0. The van der Waals surface area contributed by atoms with Crippen molar-refractivity contribution in [3.63, 3.8) is 0 Å². The molecular formula is C12H16ClFN2O. The number of anilines is 1. The molecule has 0 saturated carbocycles. The van der Waals surface area contributed by atoms with Crippen molar-refractivity contribution >= 4 is 23.2 Å². The van der Waals surface area contributed by atoms with E-state index in [0.717, 1.165) is 0 Å². The first kappa shape index (κ1) is 13.9. The Morgan fingerprint density at radius 3 is 2.76 bits per heavy atom. The maximum atomic E-state index is 13.5. The van der Waals surface area contributed by atoms with Gasteiger partial charge in [-0.25, -0.2) is 4.39 Å². The molecule has 0 spiro atoms. The number of halogens is 2. The van der Waals surface area contributed by atoms with Gasteiger partial charge in [-0.3, -0.25) is 4.79 Å². The number of amides is 1. The van der Waals surface area contributed by atoms with Gasteiger partial charge in [0.1, 0.15) is 0 Å². The van der Waals surface area contributed by atoms with Crippen molar-refractivity contribution < 1.29 is 9.18 Å². The zero-order chi connectivity index (χ0) is 13.0. The van der Waals surface area contributed by atoms with Gasteiger partial charge < -0.3 is 11.1 Å². The van der Waals surface area contributed by atoms with Crippen LogP contribution < -0.4 is 11.1 Å². The molecule has 0 aromatic heterocycles. The van der Waals surface area contributed by atoms with E-state index in [0.29, 0.717) is 12.3 Å². The molecule has 0 heterocycles. The van der Waals surface area contributed by atoms with Crippen molar-refractivity contribution in [2.75, 3.05) is 5.32 Å². The Labute approximate surface area is 105 Å². The van der Waals surface area contributed by atoms with Crippen molar-refractivity contribution in [2.24, 2.45) is 11.7 Å². The number of carbonyl (C=O) groups is 1. The number of rotatable bonds is 4. The zero-order valence-corrected chi connectivity index (χ0v) is 10.6. The summed E-state index contributed by atoms with van der Waals surface area (Å²) in [6.45, 7) is 3.93. The first-order valence-electron chi connectivity index (χ1n) is 5.42. The first-order chi connectivity index (χ1) is 7.91. The Kier molecular flexibility index (Phi) is 4.90. The fourth-order valence-electron chi connectivity index (χ4n) is 1.44. The molecule has 1 aromatic rings. The molecule has 0 unspecified atom stereocenters. The van der Waals surface area contributed by atoms with Crippen LogP contribution >= 0.6 is 11.6 Å². The van der Waals surface area contributed by atoms with Crippen LogP contribution in [0.5, 0.6) is 0 Å². The largest absolute Gasteiger partial charge is 0.322 e. The van der Waals surface area contributed by atoms with Gasteiger partial charge in [0.2, 0.25) is 5.91 Å². The highest BCUT2D eigenvalue weighted by atomic mass is 35.5. The molecule has 1 aromatic carbocycles. The average molecular weight is 259 g/mol. The second-order valence-corrected chi connectivity index (χ2v) is 4.73. The van der Waals surface area contributed by atoms with Gasteiger partial charge in [-0.05, 0) is 24.5 Å². The Morgan fingerprint density at radius 1 is 1.53 bits per heavy atom. The molecule has 0 radical (unpaired) electrons. The normalized spacial score (nSPS) is 12.6. The van der Waals surface area contributed by atoms with Gasteiger partial charge in [-0.15, -0.1) is 0 Å². The van der Waals surface area contributed by atoms with E-state index in [-0.39, 0.29) is 10.7 Å². The summed E-state index contributed by atoms with van der Waals surface area (Å²) in [5, 5.41) is 2.41. The van der Waals surface area contributed by atoms with Gasteiger partial charge in [0, 0.05) is 0 Å². The van der Waals surface area contributed by atoms with Crippen LogP contribution in [0.25, 0.3) is 0 Å².